The number of nitrogens with one attached hydrogen (secondary N) is 3. The van der Waals surface area contributed by atoms with Crippen molar-refractivity contribution in [2.24, 2.45) is 0 Å². The third-order valence-corrected chi connectivity index (χ3v) is 5.48. The highest BCUT2D eigenvalue weighted by molar-refractivity contribution is 5.91. The van der Waals surface area contributed by atoms with E-state index in [1.54, 1.807) is 13.1 Å². The zero-order valence-corrected chi connectivity index (χ0v) is 16.8. The summed E-state index contributed by atoms with van der Waals surface area (Å²) in [6.07, 6.45) is 2.28. The average molecular weight is 403 g/mol. The van der Waals surface area contributed by atoms with E-state index in [0.717, 1.165) is 16.3 Å². The zero-order valence-electron chi connectivity index (χ0n) is 16.8. The number of nitrogen functional groups attached to an aromatic ring is 1. The van der Waals surface area contributed by atoms with Crippen LogP contribution in [0.4, 0.5) is 5.82 Å². The molecule has 0 aliphatic carbocycles. The molecule has 0 saturated heterocycles. The summed E-state index contributed by atoms with van der Waals surface area (Å²) in [5, 5.41) is 10.8. The van der Waals surface area contributed by atoms with Crippen molar-refractivity contribution in [3.8, 4) is 0 Å². The van der Waals surface area contributed by atoms with E-state index in [2.05, 4.69) is 27.0 Å². The summed E-state index contributed by atoms with van der Waals surface area (Å²) in [6, 6.07) is 14.8. The molecule has 7 nitrogen and oxygen atoms in total. The molecule has 5 N–H and O–H groups in total. The van der Waals surface area contributed by atoms with Gasteiger partial charge in [0.1, 0.15) is 11.9 Å². The lowest BCUT2D eigenvalue weighted by atomic mass is 9.95. The fourth-order valence-electron chi connectivity index (χ4n) is 3.72. The summed E-state index contributed by atoms with van der Waals surface area (Å²) in [4.78, 5) is 29.2. The topological polar surface area (TPSA) is 109 Å². The Morgan fingerprint density at radius 2 is 2.00 bits per heavy atom. The Kier molecular flexibility index (Phi) is 5.63. The molecule has 7 heteroatoms. The first-order valence-electron chi connectivity index (χ1n) is 10.0. The number of nitrogens with two attached hydrogens (primary N) is 1. The summed E-state index contributed by atoms with van der Waals surface area (Å²) in [6.45, 7) is 2.71. The molecule has 0 fully saturated rings. The lowest BCUT2D eigenvalue weighted by Crippen LogP contribution is -2.53. The molecule has 0 spiro atoms. The SMILES string of the molecule is C[C@H](NC(=O)[C@H]1Cc2ccccc2CN1)C(=O)NCc1ccc2c(N)nccc2c1. The van der Waals surface area contributed by atoms with Gasteiger partial charge in [-0.15, -0.1) is 0 Å². The fraction of sp³-hybridized carbons (Fsp3) is 0.261. The van der Waals surface area contributed by atoms with Gasteiger partial charge in [0.2, 0.25) is 11.8 Å². The molecular weight excluding hydrogens is 378 g/mol. The van der Waals surface area contributed by atoms with Gasteiger partial charge in [0.25, 0.3) is 0 Å². The van der Waals surface area contributed by atoms with E-state index in [9.17, 15) is 9.59 Å². The van der Waals surface area contributed by atoms with Gasteiger partial charge in [-0.2, -0.15) is 0 Å². The van der Waals surface area contributed by atoms with E-state index in [1.165, 1.54) is 11.1 Å². The molecule has 1 aliphatic rings. The lowest BCUT2D eigenvalue weighted by Gasteiger charge is -2.26. The van der Waals surface area contributed by atoms with Crippen LogP contribution in [0.1, 0.15) is 23.6 Å². The summed E-state index contributed by atoms with van der Waals surface area (Å²) < 4.78 is 0. The molecule has 2 atom stereocenters. The van der Waals surface area contributed by atoms with Crippen molar-refractivity contribution in [3.05, 3.63) is 71.4 Å². The Hall–Kier alpha value is -3.45. The number of hydrogen-bond donors (Lipinski definition) is 4. The van der Waals surface area contributed by atoms with E-state index in [-0.39, 0.29) is 17.9 Å². The monoisotopic (exact) mass is 403 g/mol. The molecule has 0 unspecified atom stereocenters. The molecule has 2 aromatic carbocycles. The zero-order chi connectivity index (χ0) is 21.1. The van der Waals surface area contributed by atoms with E-state index in [0.29, 0.717) is 25.3 Å². The summed E-state index contributed by atoms with van der Waals surface area (Å²) in [5.41, 5.74) is 9.20. The van der Waals surface area contributed by atoms with Gasteiger partial charge in [0.05, 0.1) is 6.04 Å². The molecule has 2 heterocycles. The van der Waals surface area contributed by atoms with Crippen LogP contribution in [-0.2, 0) is 29.1 Å². The van der Waals surface area contributed by atoms with E-state index < -0.39 is 6.04 Å². The highest BCUT2D eigenvalue weighted by Crippen LogP contribution is 2.20. The summed E-state index contributed by atoms with van der Waals surface area (Å²) in [5.74, 6) is 0.0908. The van der Waals surface area contributed by atoms with Gasteiger partial charge < -0.3 is 21.7 Å². The predicted molar refractivity (Wildman–Crippen MR) is 116 cm³/mol. The van der Waals surface area contributed by atoms with Gasteiger partial charge in [-0.1, -0.05) is 36.4 Å². The number of carbonyl (C=O) groups excluding carboxylic acids is 2. The maximum Gasteiger partial charge on any atom is 0.242 e. The molecule has 0 bridgehead atoms. The molecular formula is C23H25N5O2. The number of carbonyl (C=O) groups is 2. The first kappa shape index (κ1) is 19.8. The molecule has 154 valence electrons. The maximum absolute atomic E-state index is 12.6. The number of hydrogen-bond acceptors (Lipinski definition) is 5. The van der Waals surface area contributed by atoms with Crippen molar-refractivity contribution in [2.75, 3.05) is 5.73 Å². The minimum atomic E-state index is -0.628. The van der Waals surface area contributed by atoms with Crippen LogP contribution in [-0.4, -0.2) is 28.9 Å². The van der Waals surface area contributed by atoms with Crippen LogP contribution in [0.3, 0.4) is 0 Å². The standard InChI is InChI=1S/C23H25N5O2/c1-14(28-23(30)20-11-16-4-2-3-5-18(16)13-26-20)22(29)27-12-15-6-7-19-17(10-15)8-9-25-21(19)24/h2-10,14,20,26H,11-13H2,1H3,(H2,24,25)(H,27,29)(H,28,30)/t14-,20+/m0/s1. The Labute approximate surface area is 175 Å². The molecule has 0 saturated carbocycles. The van der Waals surface area contributed by atoms with E-state index >= 15 is 0 Å². The van der Waals surface area contributed by atoms with Gasteiger partial charge in [-0.05, 0) is 47.6 Å². The maximum atomic E-state index is 12.6. The van der Waals surface area contributed by atoms with Gasteiger partial charge >= 0.3 is 0 Å². The van der Waals surface area contributed by atoms with Crippen LogP contribution in [0.5, 0.6) is 0 Å². The highest BCUT2D eigenvalue weighted by Gasteiger charge is 2.26. The number of anilines is 1. The Bertz CT molecular complexity index is 1100. The smallest absolute Gasteiger partial charge is 0.242 e. The number of nitrogens with zero attached hydrogens (tertiary/aromatic N) is 1. The van der Waals surface area contributed by atoms with Crippen LogP contribution in [0, 0.1) is 0 Å². The normalized spacial score (nSPS) is 16.5. The Morgan fingerprint density at radius 3 is 2.83 bits per heavy atom. The van der Waals surface area contributed by atoms with Crippen LogP contribution < -0.4 is 21.7 Å². The number of fused-ring (bicyclic) bond motifs is 2. The number of amides is 2. The first-order valence-corrected chi connectivity index (χ1v) is 10.0. The quantitative estimate of drug-likeness (QED) is 0.518. The second kappa shape index (κ2) is 8.51. The van der Waals surface area contributed by atoms with Crippen molar-refractivity contribution in [1.29, 1.82) is 0 Å². The van der Waals surface area contributed by atoms with Crippen molar-refractivity contribution in [1.82, 2.24) is 20.9 Å². The van der Waals surface area contributed by atoms with Crippen molar-refractivity contribution in [2.45, 2.75) is 38.5 Å². The molecule has 0 radical (unpaired) electrons. The highest BCUT2D eigenvalue weighted by atomic mass is 16.2. The second-order valence-corrected chi connectivity index (χ2v) is 7.61. The third-order valence-electron chi connectivity index (χ3n) is 5.48. The van der Waals surface area contributed by atoms with Crippen LogP contribution in [0.15, 0.2) is 54.7 Å². The van der Waals surface area contributed by atoms with Gasteiger partial charge in [0.15, 0.2) is 0 Å². The number of rotatable bonds is 5. The average Bonchev–Trinajstić information content (AvgIpc) is 2.77. The van der Waals surface area contributed by atoms with E-state index in [1.807, 2.05) is 42.5 Å². The second-order valence-electron chi connectivity index (χ2n) is 7.61. The number of benzene rings is 2. The fourth-order valence-corrected chi connectivity index (χ4v) is 3.72. The van der Waals surface area contributed by atoms with E-state index in [4.69, 9.17) is 5.73 Å². The largest absolute Gasteiger partial charge is 0.383 e. The summed E-state index contributed by atoms with van der Waals surface area (Å²) >= 11 is 0. The molecule has 2 amide bonds. The molecule has 3 aromatic rings. The first-order chi connectivity index (χ1) is 14.5. The van der Waals surface area contributed by atoms with Crippen molar-refractivity contribution in [3.63, 3.8) is 0 Å². The number of aromatic nitrogens is 1. The van der Waals surface area contributed by atoms with Gasteiger partial charge in [0, 0.05) is 24.7 Å². The minimum Gasteiger partial charge on any atom is -0.383 e. The Balaban J connectivity index is 1.31. The van der Waals surface area contributed by atoms with Crippen LogP contribution in [0.25, 0.3) is 10.8 Å². The number of pyridine rings is 1. The minimum absolute atomic E-state index is 0.166. The molecule has 1 aliphatic heterocycles. The van der Waals surface area contributed by atoms with Gasteiger partial charge in [-0.3, -0.25) is 9.59 Å². The predicted octanol–water partition coefficient (Wildman–Crippen LogP) is 1.65. The van der Waals surface area contributed by atoms with Crippen molar-refractivity contribution < 1.29 is 9.59 Å². The lowest BCUT2D eigenvalue weighted by molar-refractivity contribution is -0.129. The third kappa shape index (κ3) is 4.26. The molecule has 1 aromatic heterocycles. The summed E-state index contributed by atoms with van der Waals surface area (Å²) in [7, 11) is 0. The Morgan fingerprint density at radius 1 is 1.20 bits per heavy atom. The van der Waals surface area contributed by atoms with Crippen LogP contribution in [0.2, 0.25) is 0 Å². The molecule has 30 heavy (non-hydrogen) atoms. The van der Waals surface area contributed by atoms with Crippen molar-refractivity contribution >= 4 is 28.4 Å². The van der Waals surface area contributed by atoms with Crippen LogP contribution >= 0.6 is 0 Å². The van der Waals surface area contributed by atoms with Gasteiger partial charge in [-0.25, -0.2) is 4.98 Å². The molecule has 4 rings (SSSR count).